The van der Waals surface area contributed by atoms with Gasteiger partial charge in [-0.3, -0.25) is 4.79 Å². The fourth-order valence-electron chi connectivity index (χ4n) is 2.25. The van der Waals surface area contributed by atoms with Crippen molar-refractivity contribution < 1.29 is 14.3 Å². The first kappa shape index (κ1) is 14.5. The van der Waals surface area contributed by atoms with Crippen LogP contribution in [0.3, 0.4) is 0 Å². The van der Waals surface area contributed by atoms with Gasteiger partial charge in [0.05, 0.1) is 6.54 Å². The first-order valence-electron chi connectivity index (χ1n) is 6.92. The molecule has 0 radical (unpaired) electrons. The summed E-state index contributed by atoms with van der Waals surface area (Å²) in [6.45, 7) is 4.69. The normalized spacial score (nSPS) is 18.1. The number of nitrogens with zero attached hydrogens (tertiary/aromatic N) is 2. The Kier molecular flexibility index (Phi) is 4.71. The van der Waals surface area contributed by atoms with Crippen molar-refractivity contribution in [3.05, 3.63) is 23.9 Å². The standard InChI is InChI=1S/C15H20N2O3/c1-11-4-3-5-14(16-11)20-13-8-9-17(10-13)15(19)7-6-12(2)18/h3-5,13H,6-10H2,1-2H3. The Morgan fingerprint density at radius 1 is 1.40 bits per heavy atom. The average Bonchev–Trinajstić information content (AvgIpc) is 2.84. The smallest absolute Gasteiger partial charge is 0.223 e. The highest BCUT2D eigenvalue weighted by Crippen LogP contribution is 2.17. The van der Waals surface area contributed by atoms with E-state index in [1.165, 1.54) is 6.92 Å². The van der Waals surface area contributed by atoms with Gasteiger partial charge in [0.25, 0.3) is 0 Å². The van der Waals surface area contributed by atoms with E-state index in [2.05, 4.69) is 4.98 Å². The quantitative estimate of drug-likeness (QED) is 0.822. The van der Waals surface area contributed by atoms with Gasteiger partial charge < -0.3 is 14.4 Å². The minimum atomic E-state index is -0.00872. The number of ether oxygens (including phenoxy) is 1. The number of aromatic nitrogens is 1. The van der Waals surface area contributed by atoms with Gasteiger partial charge in [-0.25, -0.2) is 4.98 Å². The second kappa shape index (κ2) is 6.50. The number of hydrogen-bond acceptors (Lipinski definition) is 4. The van der Waals surface area contributed by atoms with E-state index in [-0.39, 0.29) is 17.8 Å². The molecule has 0 aliphatic carbocycles. The SMILES string of the molecule is CC(=O)CCC(=O)N1CCC(Oc2cccc(C)n2)C1. The lowest BCUT2D eigenvalue weighted by molar-refractivity contribution is -0.132. The van der Waals surface area contributed by atoms with E-state index in [9.17, 15) is 9.59 Å². The van der Waals surface area contributed by atoms with Crippen LogP contribution in [-0.4, -0.2) is 40.8 Å². The van der Waals surface area contributed by atoms with E-state index < -0.39 is 0 Å². The Bertz CT molecular complexity index is 502. The molecule has 1 aliphatic heterocycles. The summed E-state index contributed by atoms with van der Waals surface area (Å²) in [5.74, 6) is 0.686. The van der Waals surface area contributed by atoms with Crippen LogP contribution in [0.15, 0.2) is 18.2 Å². The van der Waals surface area contributed by atoms with Gasteiger partial charge >= 0.3 is 0 Å². The number of Topliss-reactive ketones (excluding diaryl/α,β-unsaturated/α-hetero) is 1. The number of hydrogen-bond donors (Lipinski definition) is 0. The topological polar surface area (TPSA) is 59.5 Å². The van der Waals surface area contributed by atoms with Crippen LogP contribution in [0.2, 0.25) is 0 Å². The van der Waals surface area contributed by atoms with E-state index in [1.54, 1.807) is 4.90 Å². The molecule has 1 aromatic heterocycles. The summed E-state index contributed by atoms with van der Waals surface area (Å²) in [4.78, 5) is 28.9. The third kappa shape index (κ3) is 4.05. The van der Waals surface area contributed by atoms with Crippen LogP contribution in [0.1, 0.15) is 31.9 Å². The lowest BCUT2D eigenvalue weighted by Gasteiger charge is -2.16. The molecule has 108 valence electrons. The average molecular weight is 276 g/mol. The van der Waals surface area contributed by atoms with E-state index >= 15 is 0 Å². The predicted octanol–water partition coefficient (Wildman–Crippen LogP) is 1.74. The molecule has 5 nitrogen and oxygen atoms in total. The van der Waals surface area contributed by atoms with E-state index in [4.69, 9.17) is 4.74 Å². The van der Waals surface area contributed by atoms with Crippen LogP contribution in [0, 0.1) is 6.92 Å². The molecule has 1 fully saturated rings. The molecule has 0 N–H and O–H groups in total. The Morgan fingerprint density at radius 2 is 2.20 bits per heavy atom. The summed E-state index contributed by atoms with van der Waals surface area (Å²) in [5, 5.41) is 0. The zero-order valence-electron chi connectivity index (χ0n) is 12.0. The van der Waals surface area contributed by atoms with Gasteiger partial charge in [0.1, 0.15) is 11.9 Å². The van der Waals surface area contributed by atoms with Crippen molar-refractivity contribution in [2.75, 3.05) is 13.1 Å². The van der Waals surface area contributed by atoms with Gasteiger partial charge in [-0.2, -0.15) is 0 Å². The summed E-state index contributed by atoms with van der Waals surface area (Å²) in [5.41, 5.74) is 0.912. The Labute approximate surface area is 118 Å². The van der Waals surface area contributed by atoms with Crippen LogP contribution in [0.25, 0.3) is 0 Å². The number of aryl methyl sites for hydroxylation is 1. The van der Waals surface area contributed by atoms with Crippen molar-refractivity contribution in [1.82, 2.24) is 9.88 Å². The summed E-state index contributed by atoms with van der Waals surface area (Å²) in [6.07, 6.45) is 1.41. The maximum atomic E-state index is 11.9. The predicted molar refractivity (Wildman–Crippen MR) is 74.5 cm³/mol. The third-order valence-electron chi connectivity index (χ3n) is 3.34. The molecule has 5 heteroatoms. The Morgan fingerprint density at radius 3 is 2.90 bits per heavy atom. The second-order valence-electron chi connectivity index (χ2n) is 5.19. The van der Waals surface area contributed by atoms with Crippen molar-refractivity contribution in [3.8, 4) is 5.88 Å². The molecular formula is C15H20N2O3. The maximum absolute atomic E-state index is 11.9. The number of carbonyl (C=O) groups is 2. The zero-order chi connectivity index (χ0) is 14.5. The van der Waals surface area contributed by atoms with Crippen molar-refractivity contribution >= 4 is 11.7 Å². The second-order valence-corrected chi connectivity index (χ2v) is 5.19. The van der Waals surface area contributed by atoms with Crippen LogP contribution < -0.4 is 4.74 Å². The highest BCUT2D eigenvalue weighted by atomic mass is 16.5. The first-order chi connectivity index (χ1) is 9.54. The highest BCUT2D eigenvalue weighted by Gasteiger charge is 2.27. The molecule has 0 bridgehead atoms. The summed E-state index contributed by atoms with van der Waals surface area (Å²) < 4.78 is 5.79. The lowest BCUT2D eigenvalue weighted by atomic mass is 10.2. The minimum absolute atomic E-state index is 0.00872. The number of rotatable bonds is 5. The number of amides is 1. The molecule has 1 amide bonds. The fourth-order valence-corrected chi connectivity index (χ4v) is 2.25. The Balaban J connectivity index is 1.83. The van der Waals surface area contributed by atoms with Gasteiger partial charge in [0.15, 0.2) is 0 Å². The molecule has 0 spiro atoms. The van der Waals surface area contributed by atoms with Crippen LogP contribution in [0.4, 0.5) is 0 Å². The Hall–Kier alpha value is -1.91. The number of carbonyl (C=O) groups excluding carboxylic acids is 2. The fraction of sp³-hybridized carbons (Fsp3) is 0.533. The van der Waals surface area contributed by atoms with Gasteiger partial charge in [-0.1, -0.05) is 6.07 Å². The summed E-state index contributed by atoms with van der Waals surface area (Å²) in [7, 11) is 0. The van der Waals surface area contributed by atoms with Gasteiger partial charge in [0.2, 0.25) is 11.8 Å². The highest BCUT2D eigenvalue weighted by molar-refractivity contribution is 5.83. The van der Waals surface area contributed by atoms with Crippen molar-refractivity contribution in [1.29, 1.82) is 0 Å². The number of likely N-dealkylation sites (tertiary alicyclic amines) is 1. The van der Waals surface area contributed by atoms with Crippen LogP contribution in [0.5, 0.6) is 5.88 Å². The van der Waals surface area contributed by atoms with Gasteiger partial charge in [-0.05, 0) is 19.9 Å². The first-order valence-corrected chi connectivity index (χ1v) is 6.92. The van der Waals surface area contributed by atoms with Gasteiger partial charge in [-0.15, -0.1) is 0 Å². The van der Waals surface area contributed by atoms with Crippen LogP contribution >= 0.6 is 0 Å². The van der Waals surface area contributed by atoms with E-state index in [1.807, 2.05) is 25.1 Å². The molecular weight excluding hydrogens is 256 g/mol. The van der Waals surface area contributed by atoms with Gasteiger partial charge in [0, 0.05) is 37.6 Å². The molecule has 0 saturated carbocycles. The summed E-state index contributed by atoms with van der Waals surface area (Å²) in [6, 6.07) is 5.65. The number of pyridine rings is 1. The molecule has 20 heavy (non-hydrogen) atoms. The molecule has 2 rings (SSSR count). The number of ketones is 1. The van der Waals surface area contributed by atoms with Crippen molar-refractivity contribution in [2.24, 2.45) is 0 Å². The molecule has 1 atom stereocenters. The third-order valence-corrected chi connectivity index (χ3v) is 3.34. The molecule has 1 aliphatic rings. The largest absolute Gasteiger partial charge is 0.472 e. The molecule has 1 aromatic rings. The molecule has 0 aromatic carbocycles. The van der Waals surface area contributed by atoms with Crippen molar-refractivity contribution in [3.63, 3.8) is 0 Å². The lowest BCUT2D eigenvalue weighted by Crippen LogP contribution is -2.31. The zero-order valence-corrected chi connectivity index (χ0v) is 12.0. The van der Waals surface area contributed by atoms with Crippen molar-refractivity contribution in [2.45, 2.75) is 39.2 Å². The molecule has 1 saturated heterocycles. The summed E-state index contributed by atoms with van der Waals surface area (Å²) >= 11 is 0. The van der Waals surface area contributed by atoms with E-state index in [0.717, 1.165) is 12.1 Å². The minimum Gasteiger partial charge on any atom is -0.472 e. The maximum Gasteiger partial charge on any atom is 0.223 e. The molecule has 2 heterocycles. The van der Waals surface area contributed by atoms with E-state index in [0.29, 0.717) is 31.8 Å². The molecule has 1 unspecified atom stereocenters. The monoisotopic (exact) mass is 276 g/mol. The van der Waals surface area contributed by atoms with Crippen LogP contribution in [-0.2, 0) is 9.59 Å².